The summed E-state index contributed by atoms with van der Waals surface area (Å²) in [6.07, 6.45) is -0.738. The number of benzene rings is 1. The third-order valence-electron chi connectivity index (χ3n) is 4.46. The summed E-state index contributed by atoms with van der Waals surface area (Å²) < 4.78 is 0. The molecule has 7 N–H and O–H groups in total. The number of amides is 3. The van der Waals surface area contributed by atoms with Crippen molar-refractivity contribution in [1.82, 2.24) is 16.0 Å². The quantitative estimate of drug-likeness (QED) is 0.178. The van der Waals surface area contributed by atoms with Crippen molar-refractivity contribution in [3.8, 4) is 0 Å². The molecule has 0 saturated carbocycles. The number of thiol groups is 1. The van der Waals surface area contributed by atoms with Crippen molar-refractivity contribution in [2.45, 2.75) is 50.4 Å². The predicted octanol–water partition coefficient (Wildman–Crippen LogP) is -1.09. The molecule has 1 rings (SSSR count). The summed E-state index contributed by atoms with van der Waals surface area (Å²) in [5, 5.41) is 25.3. The van der Waals surface area contributed by atoms with E-state index >= 15 is 0 Å². The Bertz CT molecular complexity index is 821. The molecule has 1 aromatic rings. The van der Waals surface area contributed by atoms with Gasteiger partial charge in [0.05, 0.1) is 6.04 Å². The van der Waals surface area contributed by atoms with Crippen LogP contribution in [0.25, 0.3) is 0 Å². The van der Waals surface area contributed by atoms with E-state index in [4.69, 9.17) is 10.8 Å². The van der Waals surface area contributed by atoms with Crippen LogP contribution < -0.4 is 21.7 Å². The van der Waals surface area contributed by atoms with Gasteiger partial charge in [-0.25, -0.2) is 4.79 Å². The van der Waals surface area contributed by atoms with Gasteiger partial charge in [0.15, 0.2) is 0 Å². The molecule has 32 heavy (non-hydrogen) atoms. The summed E-state index contributed by atoms with van der Waals surface area (Å²) in [5.41, 5.74) is 6.26. The van der Waals surface area contributed by atoms with Gasteiger partial charge in [0.1, 0.15) is 18.1 Å². The van der Waals surface area contributed by atoms with E-state index in [9.17, 15) is 29.1 Å². The SMILES string of the molecule is CC(NC(=O)C(N)CS)C(=O)NC(Cc1ccccc1)C(=O)NC(CCC(=O)O)C(=O)O. The average molecular weight is 469 g/mol. The molecule has 0 aliphatic heterocycles. The second-order valence-corrected chi connectivity index (χ2v) is 7.47. The molecule has 3 amide bonds. The molecule has 4 atom stereocenters. The highest BCUT2D eigenvalue weighted by Crippen LogP contribution is 2.06. The Morgan fingerprint density at radius 3 is 2.06 bits per heavy atom. The number of carboxylic acids is 2. The molecule has 0 bridgehead atoms. The predicted molar refractivity (Wildman–Crippen MR) is 118 cm³/mol. The van der Waals surface area contributed by atoms with Crippen LogP contribution in [0.2, 0.25) is 0 Å². The van der Waals surface area contributed by atoms with Crippen LogP contribution in [0.15, 0.2) is 30.3 Å². The molecule has 0 aromatic heterocycles. The summed E-state index contributed by atoms with van der Waals surface area (Å²) in [6, 6.07) is 4.14. The average Bonchev–Trinajstić information content (AvgIpc) is 2.75. The highest BCUT2D eigenvalue weighted by molar-refractivity contribution is 7.80. The van der Waals surface area contributed by atoms with Gasteiger partial charge in [0.25, 0.3) is 0 Å². The van der Waals surface area contributed by atoms with Crippen LogP contribution in [-0.4, -0.2) is 69.8 Å². The molecule has 1 aromatic carbocycles. The molecule has 4 unspecified atom stereocenters. The van der Waals surface area contributed by atoms with Crippen molar-refractivity contribution in [1.29, 1.82) is 0 Å². The fourth-order valence-corrected chi connectivity index (χ4v) is 2.79. The van der Waals surface area contributed by atoms with Crippen molar-refractivity contribution < 1.29 is 34.2 Å². The first-order chi connectivity index (χ1) is 15.0. The number of nitrogens with two attached hydrogens (primary N) is 1. The third-order valence-corrected chi connectivity index (χ3v) is 4.86. The van der Waals surface area contributed by atoms with E-state index in [1.54, 1.807) is 30.3 Å². The number of carbonyl (C=O) groups is 5. The van der Waals surface area contributed by atoms with E-state index in [-0.39, 0.29) is 18.6 Å². The van der Waals surface area contributed by atoms with E-state index in [1.807, 2.05) is 0 Å². The van der Waals surface area contributed by atoms with Crippen LogP contribution in [0.1, 0.15) is 25.3 Å². The topological polar surface area (TPSA) is 188 Å². The maximum Gasteiger partial charge on any atom is 0.326 e. The number of rotatable bonds is 13. The molecule has 0 fully saturated rings. The van der Waals surface area contributed by atoms with Gasteiger partial charge in [-0.15, -0.1) is 0 Å². The lowest BCUT2D eigenvalue weighted by molar-refractivity contribution is -0.143. The van der Waals surface area contributed by atoms with Gasteiger partial charge in [-0.1, -0.05) is 30.3 Å². The summed E-state index contributed by atoms with van der Waals surface area (Å²) in [5.74, 6) is -4.60. The number of hydrogen-bond donors (Lipinski definition) is 7. The molecule has 0 aliphatic rings. The van der Waals surface area contributed by atoms with Crippen LogP contribution in [-0.2, 0) is 30.4 Å². The van der Waals surface area contributed by atoms with Crippen molar-refractivity contribution in [3.63, 3.8) is 0 Å². The minimum atomic E-state index is -1.45. The van der Waals surface area contributed by atoms with Crippen LogP contribution in [0.5, 0.6) is 0 Å². The Morgan fingerprint density at radius 1 is 0.938 bits per heavy atom. The van der Waals surface area contributed by atoms with E-state index in [0.29, 0.717) is 5.56 Å². The minimum absolute atomic E-state index is 0.0422. The molecular formula is C20H28N4O7S. The largest absolute Gasteiger partial charge is 0.481 e. The Kier molecular flexibility index (Phi) is 11.2. The number of nitrogens with one attached hydrogen (secondary N) is 3. The van der Waals surface area contributed by atoms with E-state index in [2.05, 4.69) is 28.6 Å². The van der Waals surface area contributed by atoms with E-state index < -0.39 is 60.2 Å². The second kappa shape index (κ2) is 13.3. The first-order valence-electron chi connectivity index (χ1n) is 9.81. The molecule has 11 nitrogen and oxygen atoms in total. The van der Waals surface area contributed by atoms with Crippen molar-refractivity contribution in [2.75, 3.05) is 5.75 Å². The highest BCUT2D eigenvalue weighted by atomic mass is 32.1. The Labute approximate surface area is 190 Å². The van der Waals surface area contributed by atoms with Gasteiger partial charge < -0.3 is 31.9 Å². The maximum atomic E-state index is 12.8. The summed E-state index contributed by atoms with van der Waals surface area (Å²) in [7, 11) is 0. The van der Waals surface area contributed by atoms with E-state index in [1.165, 1.54) is 6.92 Å². The van der Waals surface area contributed by atoms with Gasteiger partial charge in [-0.2, -0.15) is 12.6 Å². The van der Waals surface area contributed by atoms with Crippen molar-refractivity contribution in [3.05, 3.63) is 35.9 Å². The van der Waals surface area contributed by atoms with Gasteiger partial charge in [-0.05, 0) is 18.9 Å². The summed E-state index contributed by atoms with van der Waals surface area (Å²) in [4.78, 5) is 59.4. The zero-order valence-corrected chi connectivity index (χ0v) is 18.4. The van der Waals surface area contributed by atoms with Crippen LogP contribution in [0.4, 0.5) is 0 Å². The lowest BCUT2D eigenvalue weighted by Gasteiger charge is -2.23. The lowest BCUT2D eigenvalue weighted by atomic mass is 10.0. The number of carboxylic acid groups (broad SMARTS) is 2. The zero-order valence-electron chi connectivity index (χ0n) is 17.5. The lowest BCUT2D eigenvalue weighted by Crippen LogP contribution is -2.57. The number of aliphatic carboxylic acids is 2. The molecule has 12 heteroatoms. The first-order valence-corrected chi connectivity index (χ1v) is 10.4. The van der Waals surface area contributed by atoms with Crippen LogP contribution >= 0.6 is 12.6 Å². The van der Waals surface area contributed by atoms with Gasteiger partial charge in [0, 0.05) is 18.6 Å². The third kappa shape index (κ3) is 9.35. The van der Waals surface area contributed by atoms with Crippen molar-refractivity contribution in [2.24, 2.45) is 5.73 Å². The minimum Gasteiger partial charge on any atom is -0.481 e. The monoisotopic (exact) mass is 468 g/mol. The van der Waals surface area contributed by atoms with Crippen LogP contribution in [0, 0.1) is 0 Å². The first kappa shape index (κ1) is 26.9. The zero-order chi connectivity index (χ0) is 24.3. The molecule has 0 saturated heterocycles. The van der Waals surface area contributed by atoms with E-state index in [0.717, 1.165) is 0 Å². The molecule has 176 valence electrons. The highest BCUT2D eigenvalue weighted by Gasteiger charge is 2.29. The van der Waals surface area contributed by atoms with Crippen LogP contribution in [0.3, 0.4) is 0 Å². The fraction of sp³-hybridized carbons (Fsp3) is 0.450. The molecule has 0 aliphatic carbocycles. The number of hydrogen-bond acceptors (Lipinski definition) is 7. The summed E-state index contributed by atoms with van der Waals surface area (Å²) in [6.45, 7) is 1.41. The normalized spacial score (nSPS) is 14.3. The van der Waals surface area contributed by atoms with Gasteiger partial charge >= 0.3 is 11.9 Å². The Balaban J connectivity index is 2.95. The standard InChI is InChI=1S/C20H28N4O7S/c1-11(22-18(28)13(21)10-32)17(27)24-15(9-12-5-3-2-4-6-12)19(29)23-14(20(30)31)7-8-16(25)26/h2-6,11,13-15,32H,7-10,21H2,1H3,(H,22,28)(H,23,29)(H,24,27)(H,25,26)(H,30,31). The maximum absolute atomic E-state index is 12.8. The Hall–Kier alpha value is -3.12. The molecular weight excluding hydrogens is 440 g/mol. The molecule has 0 spiro atoms. The van der Waals surface area contributed by atoms with Gasteiger partial charge in [-0.3, -0.25) is 19.2 Å². The second-order valence-electron chi connectivity index (χ2n) is 7.10. The van der Waals surface area contributed by atoms with Gasteiger partial charge in [0.2, 0.25) is 17.7 Å². The smallest absolute Gasteiger partial charge is 0.326 e. The molecule has 0 radical (unpaired) electrons. The Morgan fingerprint density at radius 2 is 1.53 bits per heavy atom. The fourth-order valence-electron chi connectivity index (χ4n) is 2.62. The summed E-state index contributed by atoms with van der Waals surface area (Å²) >= 11 is 3.92. The molecule has 0 heterocycles. The number of carbonyl (C=O) groups excluding carboxylic acids is 3. The van der Waals surface area contributed by atoms with Crippen molar-refractivity contribution >= 4 is 42.3 Å².